The first-order chi connectivity index (χ1) is 10.3. The van der Waals surface area contributed by atoms with E-state index in [1.54, 1.807) is 23.0 Å². The highest BCUT2D eigenvalue weighted by Crippen LogP contribution is 2.18. The van der Waals surface area contributed by atoms with Crippen LogP contribution in [0, 0.1) is 0 Å². The van der Waals surface area contributed by atoms with Crippen LogP contribution in [0.3, 0.4) is 0 Å². The molecule has 0 unspecified atom stereocenters. The molecule has 0 N–H and O–H groups in total. The summed E-state index contributed by atoms with van der Waals surface area (Å²) in [6.45, 7) is 4.51. The fraction of sp³-hybridized carbons (Fsp3) is 0.438. The summed E-state index contributed by atoms with van der Waals surface area (Å²) >= 11 is 0. The molecule has 0 radical (unpaired) electrons. The van der Waals surface area contributed by atoms with Crippen molar-refractivity contribution < 1.29 is 0 Å². The maximum Gasteiger partial charge on any atom is 0.255 e. The molecule has 5 nitrogen and oxygen atoms in total. The van der Waals surface area contributed by atoms with Gasteiger partial charge in [0.15, 0.2) is 0 Å². The van der Waals surface area contributed by atoms with Crippen LogP contribution in [-0.2, 0) is 13.0 Å². The summed E-state index contributed by atoms with van der Waals surface area (Å²) in [4.78, 5) is 23.5. The zero-order valence-electron chi connectivity index (χ0n) is 12.3. The lowest BCUT2D eigenvalue weighted by molar-refractivity contribution is 0.694. The van der Waals surface area contributed by atoms with E-state index in [1.165, 1.54) is 12.8 Å². The second kappa shape index (κ2) is 6.08. The molecule has 1 aliphatic heterocycles. The Hall–Kier alpha value is -2.17. The van der Waals surface area contributed by atoms with Crippen molar-refractivity contribution >= 4 is 5.95 Å². The monoisotopic (exact) mass is 284 g/mol. The van der Waals surface area contributed by atoms with Gasteiger partial charge in [-0.15, -0.1) is 0 Å². The fourth-order valence-corrected chi connectivity index (χ4v) is 2.70. The van der Waals surface area contributed by atoms with E-state index < -0.39 is 0 Å². The van der Waals surface area contributed by atoms with Gasteiger partial charge in [-0.25, -0.2) is 4.98 Å². The minimum absolute atomic E-state index is 0.0209. The molecule has 0 amide bonds. The van der Waals surface area contributed by atoms with E-state index in [0.29, 0.717) is 6.54 Å². The number of anilines is 1. The molecule has 2 aromatic heterocycles. The van der Waals surface area contributed by atoms with E-state index in [-0.39, 0.29) is 5.56 Å². The third-order valence-corrected chi connectivity index (χ3v) is 3.86. The molecular formula is C16H20N4O. The van der Waals surface area contributed by atoms with Gasteiger partial charge in [0.1, 0.15) is 0 Å². The predicted molar refractivity (Wildman–Crippen MR) is 82.7 cm³/mol. The molecule has 1 aliphatic rings. The minimum Gasteiger partial charge on any atom is -0.342 e. The van der Waals surface area contributed by atoms with Crippen molar-refractivity contribution in [3.63, 3.8) is 0 Å². The van der Waals surface area contributed by atoms with Gasteiger partial charge in [0.2, 0.25) is 5.95 Å². The molecular weight excluding hydrogens is 264 g/mol. The van der Waals surface area contributed by atoms with Gasteiger partial charge in [-0.2, -0.15) is 0 Å². The first-order valence-corrected chi connectivity index (χ1v) is 7.52. The summed E-state index contributed by atoms with van der Waals surface area (Å²) in [5.41, 5.74) is 1.91. The van der Waals surface area contributed by atoms with Crippen LogP contribution in [0.1, 0.15) is 31.0 Å². The molecule has 3 rings (SSSR count). The van der Waals surface area contributed by atoms with E-state index in [9.17, 15) is 4.79 Å². The highest BCUT2D eigenvalue weighted by molar-refractivity contribution is 5.34. The Balaban J connectivity index is 2.02. The third kappa shape index (κ3) is 2.96. The molecule has 1 saturated heterocycles. The van der Waals surface area contributed by atoms with E-state index in [0.717, 1.165) is 36.7 Å². The van der Waals surface area contributed by atoms with Gasteiger partial charge < -0.3 is 4.90 Å². The van der Waals surface area contributed by atoms with Crippen LogP contribution in [0.5, 0.6) is 0 Å². The molecule has 21 heavy (non-hydrogen) atoms. The van der Waals surface area contributed by atoms with Crippen molar-refractivity contribution in [2.24, 2.45) is 0 Å². The average molecular weight is 284 g/mol. The molecule has 5 heteroatoms. The van der Waals surface area contributed by atoms with Gasteiger partial charge in [-0.05, 0) is 30.9 Å². The van der Waals surface area contributed by atoms with Gasteiger partial charge in [0.05, 0.1) is 6.54 Å². The Morgan fingerprint density at radius 2 is 2.10 bits per heavy atom. The van der Waals surface area contributed by atoms with Crippen LogP contribution in [0.25, 0.3) is 0 Å². The Labute approximate surface area is 124 Å². The molecule has 1 fully saturated rings. The van der Waals surface area contributed by atoms with Crippen molar-refractivity contribution in [2.75, 3.05) is 18.0 Å². The number of aromatic nitrogens is 3. The summed E-state index contributed by atoms with van der Waals surface area (Å²) in [7, 11) is 0. The number of aryl methyl sites for hydroxylation is 1. The Kier molecular flexibility index (Phi) is 3.99. The van der Waals surface area contributed by atoms with Crippen molar-refractivity contribution in [3.05, 3.63) is 52.2 Å². The maximum atomic E-state index is 12.5. The summed E-state index contributed by atoms with van der Waals surface area (Å²) in [6, 6.07) is 5.53. The lowest BCUT2D eigenvalue weighted by atomic mass is 10.2. The van der Waals surface area contributed by atoms with Crippen LogP contribution < -0.4 is 10.5 Å². The van der Waals surface area contributed by atoms with Crippen molar-refractivity contribution in [1.82, 2.24) is 14.5 Å². The summed E-state index contributed by atoms with van der Waals surface area (Å²) < 4.78 is 1.77. The second-order valence-electron chi connectivity index (χ2n) is 5.38. The van der Waals surface area contributed by atoms with Crippen LogP contribution in [-0.4, -0.2) is 27.6 Å². The van der Waals surface area contributed by atoms with Gasteiger partial charge >= 0.3 is 0 Å². The molecule has 0 aliphatic carbocycles. The van der Waals surface area contributed by atoms with Crippen LogP contribution in [0.4, 0.5) is 5.95 Å². The first-order valence-electron chi connectivity index (χ1n) is 7.52. The molecule has 0 spiro atoms. The molecule has 0 atom stereocenters. The molecule has 3 heterocycles. The molecule has 0 bridgehead atoms. The zero-order chi connectivity index (χ0) is 14.7. The number of pyridine rings is 1. The molecule has 110 valence electrons. The molecule has 0 saturated carbocycles. The van der Waals surface area contributed by atoms with E-state index in [2.05, 4.69) is 9.88 Å². The van der Waals surface area contributed by atoms with Crippen LogP contribution in [0.15, 0.2) is 35.4 Å². The van der Waals surface area contributed by atoms with Crippen LogP contribution in [0.2, 0.25) is 0 Å². The maximum absolute atomic E-state index is 12.5. The number of nitrogens with zero attached hydrogens (tertiary/aromatic N) is 4. The Morgan fingerprint density at radius 3 is 2.76 bits per heavy atom. The average Bonchev–Trinajstić information content (AvgIpc) is 3.04. The van der Waals surface area contributed by atoms with E-state index in [1.807, 2.05) is 19.1 Å². The van der Waals surface area contributed by atoms with Gasteiger partial charge in [0.25, 0.3) is 5.56 Å². The smallest absolute Gasteiger partial charge is 0.255 e. The van der Waals surface area contributed by atoms with Gasteiger partial charge in [-0.1, -0.05) is 13.0 Å². The topological polar surface area (TPSA) is 51.0 Å². The summed E-state index contributed by atoms with van der Waals surface area (Å²) in [5, 5.41) is 0. The largest absolute Gasteiger partial charge is 0.342 e. The highest BCUT2D eigenvalue weighted by Gasteiger charge is 2.19. The Morgan fingerprint density at radius 1 is 1.29 bits per heavy atom. The van der Waals surface area contributed by atoms with Crippen molar-refractivity contribution in [3.8, 4) is 0 Å². The van der Waals surface area contributed by atoms with E-state index in [4.69, 9.17) is 4.98 Å². The molecule has 0 aromatic carbocycles. The van der Waals surface area contributed by atoms with Crippen molar-refractivity contribution in [1.29, 1.82) is 0 Å². The van der Waals surface area contributed by atoms with Crippen molar-refractivity contribution in [2.45, 2.75) is 32.7 Å². The fourth-order valence-electron chi connectivity index (χ4n) is 2.70. The number of hydrogen-bond acceptors (Lipinski definition) is 4. The highest BCUT2D eigenvalue weighted by atomic mass is 16.1. The summed E-state index contributed by atoms with van der Waals surface area (Å²) in [6.07, 6.45) is 6.65. The SMILES string of the molecule is CCc1cc(=O)n(Cc2cccnc2)c(N2CCCC2)n1. The number of rotatable bonds is 4. The lowest BCUT2D eigenvalue weighted by Gasteiger charge is -2.21. The van der Waals surface area contributed by atoms with Crippen LogP contribution >= 0.6 is 0 Å². The normalized spacial score (nSPS) is 14.6. The quantitative estimate of drug-likeness (QED) is 0.860. The first kappa shape index (κ1) is 13.8. The van der Waals surface area contributed by atoms with E-state index >= 15 is 0 Å². The third-order valence-electron chi connectivity index (χ3n) is 3.86. The molecule has 2 aromatic rings. The summed E-state index contributed by atoms with van der Waals surface area (Å²) in [5.74, 6) is 0.806. The standard InChI is InChI=1S/C16H20N4O/c1-2-14-10-15(21)20(12-13-6-5-7-17-11-13)16(18-14)19-8-3-4-9-19/h5-7,10-11H,2-4,8-9,12H2,1H3. The minimum atomic E-state index is 0.0209. The predicted octanol–water partition coefficient (Wildman–Crippen LogP) is 1.85. The zero-order valence-corrected chi connectivity index (χ0v) is 12.3. The van der Waals surface area contributed by atoms with Gasteiger partial charge in [0, 0.05) is 37.2 Å². The number of hydrogen-bond donors (Lipinski definition) is 0. The lowest BCUT2D eigenvalue weighted by Crippen LogP contribution is -2.31. The Bertz CT molecular complexity index is 660. The second-order valence-corrected chi connectivity index (χ2v) is 5.38. The van der Waals surface area contributed by atoms with Gasteiger partial charge in [-0.3, -0.25) is 14.3 Å².